The van der Waals surface area contributed by atoms with Gasteiger partial charge in [-0.1, -0.05) is 6.92 Å². The highest BCUT2D eigenvalue weighted by atomic mass is 16.4. The molecule has 6 heteroatoms. The predicted octanol–water partition coefficient (Wildman–Crippen LogP) is 1.13. The molecule has 0 unspecified atom stereocenters. The van der Waals surface area contributed by atoms with Gasteiger partial charge in [-0.05, 0) is 19.3 Å². The summed E-state index contributed by atoms with van der Waals surface area (Å²) in [5, 5.41) is 13.0. The van der Waals surface area contributed by atoms with E-state index in [2.05, 4.69) is 21.9 Å². The summed E-state index contributed by atoms with van der Waals surface area (Å²) in [5.41, 5.74) is 0. The van der Waals surface area contributed by atoms with Gasteiger partial charge >= 0.3 is 5.97 Å². The Balaban J connectivity index is 1.94. The third-order valence-electron chi connectivity index (χ3n) is 3.15. The van der Waals surface area contributed by atoms with Crippen LogP contribution in [0.15, 0.2) is 6.33 Å². The molecule has 0 aliphatic heterocycles. The number of carbonyl (C=O) groups is 1. The molecule has 1 aromatic heterocycles. The molecule has 0 atom stereocenters. The number of hydrogen-bond acceptors (Lipinski definition) is 4. The highest BCUT2D eigenvalue weighted by Crippen LogP contribution is 2.28. The normalized spacial score (nSPS) is 15.2. The number of carboxylic acid groups (broad SMARTS) is 1. The number of nitrogens with zero attached hydrogens (tertiary/aromatic N) is 4. The van der Waals surface area contributed by atoms with Gasteiger partial charge in [-0.2, -0.15) is 5.10 Å². The van der Waals surface area contributed by atoms with Crippen molar-refractivity contribution in [1.29, 1.82) is 0 Å². The third-order valence-corrected chi connectivity index (χ3v) is 3.15. The molecule has 0 aromatic carbocycles. The van der Waals surface area contributed by atoms with Gasteiger partial charge in [0.1, 0.15) is 12.2 Å². The Bertz CT molecular complexity index is 401. The lowest BCUT2D eigenvalue weighted by atomic mass is 10.3. The van der Waals surface area contributed by atoms with Crippen molar-refractivity contribution in [3.8, 4) is 0 Å². The molecule has 1 aliphatic carbocycles. The van der Waals surface area contributed by atoms with E-state index in [0.717, 1.165) is 18.8 Å². The van der Waals surface area contributed by atoms with Crippen LogP contribution in [0.3, 0.4) is 0 Å². The molecule has 0 radical (unpaired) electrons. The lowest BCUT2D eigenvalue weighted by molar-refractivity contribution is -0.137. The molecular formula is C12H20N4O2. The Morgan fingerprint density at radius 3 is 3.00 bits per heavy atom. The first-order valence-electron chi connectivity index (χ1n) is 6.53. The zero-order chi connectivity index (χ0) is 13.0. The second-order valence-corrected chi connectivity index (χ2v) is 4.74. The van der Waals surface area contributed by atoms with Crippen molar-refractivity contribution in [1.82, 2.24) is 19.7 Å². The fourth-order valence-corrected chi connectivity index (χ4v) is 2.06. The standard InChI is InChI=1S/C12H20N4O2/c1-2-6-16-11(13-9-14-16)8-15(10-3-4-10)7-5-12(17)18/h9-10H,2-8H2,1H3,(H,17,18). The second-order valence-electron chi connectivity index (χ2n) is 4.74. The van der Waals surface area contributed by atoms with Gasteiger partial charge in [0.15, 0.2) is 0 Å². The summed E-state index contributed by atoms with van der Waals surface area (Å²) < 4.78 is 1.91. The van der Waals surface area contributed by atoms with Gasteiger partial charge in [0.05, 0.1) is 13.0 Å². The Kier molecular flexibility index (Phi) is 4.30. The maximum absolute atomic E-state index is 10.7. The van der Waals surface area contributed by atoms with Crippen LogP contribution in [-0.4, -0.2) is 43.3 Å². The molecule has 1 aromatic rings. The van der Waals surface area contributed by atoms with Crippen LogP contribution in [0.25, 0.3) is 0 Å². The van der Waals surface area contributed by atoms with Crippen LogP contribution in [0.1, 0.15) is 38.4 Å². The number of aliphatic carboxylic acids is 1. The largest absolute Gasteiger partial charge is 0.481 e. The van der Waals surface area contributed by atoms with Gasteiger partial charge in [0.25, 0.3) is 0 Å². The van der Waals surface area contributed by atoms with Crippen molar-refractivity contribution in [2.24, 2.45) is 0 Å². The maximum atomic E-state index is 10.7. The van der Waals surface area contributed by atoms with Crippen LogP contribution < -0.4 is 0 Å². The lowest BCUT2D eigenvalue weighted by Crippen LogP contribution is -2.29. The molecule has 1 aliphatic rings. The summed E-state index contributed by atoms with van der Waals surface area (Å²) >= 11 is 0. The minimum atomic E-state index is -0.740. The van der Waals surface area contributed by atoms with E-state index in [1.807, 2.05) is 4.68 Å². The molecule has 6 nitrogen and oxygen atoms in total. The Morgan fingerprint density at radius 2 is 2.39 bits per heavy atom. The van der Waals surface area contributed by atoms with Gasteiger partial charge in [-0.15, -0.1) is 0 Å². The van der Waals surface area contributed by atoms with Gasteiger partial charge < -0.3 is 5.11 Å². The topological polar surface area (TPSA) is 71.2 Å². The molecule has 100 valence electrons. The van der Waals surface area contributed by atoms with Crippen LogP contribution in [0.2, 0.25) is 0 Å². The van der Waals surface area contributed by atoms with Gasteiger partial charge in [-0.3, -0.25) is 9.69 Å². The first-order valence-corrected chi connectivity index (χ1v) is 6.53. The van der Waals surface area contributed by atoms with E-state index >= 15 is 0 Å². The van der Waals surface area contributed by atoms with E-state index in [1.54, 1.807) is 6.33 Å². The maximum Gasteiger partial charge on any atom is 0.304 e. The SMILES string of the molecule is CCCn1ncnc1CN(CCC(=O)O)C1CC1. The van der Waals surface area contributed by atoms with Gasteiger partial charge in [-0.25, -0.2) is 9.67 Å². The molecule has 0 spiro atoms. The van der Waals surface area contributed by atoms with Crippen LogP contribution in [0, 0.1) is 0 Å². The molecule has 1 fully saturated rings. The quantitative estimate of drug-likeness (QED) is 0.751. The molecule has 2 rings (SSSR count). The van der Waals surface area contributed by atoms with Gasteiger partial charge in [0, 0.05) is 19.1 Å². The number of hydrogen-bond donors (Lipinski definition) is 1. The predicted molar refractivity (Wildman–Crippen MR) is 66.0 cm³/mol. The molecule has 18 heavy (non-hydrogen) atoms. The molecule has 1 heterocycles. The number of carboxylic acids is 1. The van der Waals surface area contributed by atoms with E-state index in [1.165, 1.54) is 12.8 Å². The Hall–Kier alpha value is -1.43. The summed E-state index contributed by atoms with van der Waals surface area (Å²) in [5.74, 6) is 0.199. The van der Waals surface area contributed by atoms with E-state index in [0.29, 0.717) is 19.1 Å². The summed E-state index contributed by atoms with van der Waals surface area (Å²) in [6.07, 6.45) is 5.13. The number of aryl methyl sites for hydroxylation is 1. The van der Waals surface area contributed by atoms with E-state index in [4.69, 9.17) is 5.11 Å². The first kappa shape index (κ1) is 13.0. The zero-order valence-electron chi connectivity index (χ0n) is 10.7. The smallest absolute Gasteiger partial charge is 0.304 e. The molecule has 0 saturated heterocycles. The van der Waals surface area contributed by atoms with E-state index in [9.17, 15) is 4.79 Å². The van der Waals surface area contributed by atoms with Crippen molar-refractivity contribution < 1.29 is 9.90 Å². The summed E-state index contributed by atoms with van der Waals surface area (Å²) in [4.78, 5) is 17.1. The van der Waals surface area contributed by atoms with Crippen molar-refractivity contribution in [2.45, 2.75) is 51.7 Å². The minimum Gasteiger partial charge on any atom is -0.481 e. The van der Waals surface area contributed by atoms with Crippen LogP contribution in [-0.2, 0) is 17.9 Å². The van der Waals surface area contributed by atoms with E-state index < -0.39 is 5.97 Å². The lowest BCUT2D eigenvalue weighted by Gasteiger charge is -2.20. The highest BCUT2D eigenvalue weighted by molar-refractivity contribution is 5.66. The molecule has 1 N–H and O–H groups in total. The summed E-state index contributed by atoms with van der Waals surface area (Å²) in [7, 11) is 0. The fourth-order valence-electron chi connectivity index (χ4n) is 2.06. The Morgan fingerprint density at radius 1 is 1.61 bits per heavy atom. The highest BCUT2D eigenvalue weighted by Gasteiger charge is 2.30. The van der Waals surface area contributed by atoms with Crippen molar-refractivity contribution in [3.63, 3.8) is 0 Å². The van der Waals surface area contributed by atoms with Crippen molar-refractivity contribution in [3.05, 3.63) is 12.2 Å². The van der Waals surface area contributed by atoms with Gasteiger partial charge in [0.2, 0.25) is 0 Å². The van der Waals surface area contributed by atoms with Crippen LogP contribution in [0.5, 0.6) is 0 Å². The average Bonchev–Trinajstić information content (AvgIpc) is 3.08. The minimum absolute atomic E-state index is 0.193. The fraction of sp³-hybridized carbons (Fsp3) is 0.750. The van der Waals surface area contributed by atoms with Crippen LogP contribution in [0.4, 0.5) is 0 Å². The zero-order valence-corrected chi connectivity index (χ0v) is 10.7. The van der Waals surface area contributed by atoms with Crippen LogP contribution >= 0.6 is 0 Å². The Labute approximate surface area is 107 Å². The number of aromatic nitrogens is 3. The van der Waals surface area contributed by atoms with Crippen molar-refractivity contribution in [2.75, 3.05) is 6.54 Å². The summed E-state index contributed by atoms with van der Waals surface area (Å²) in [6.45, 7) is 4.28. The molecule has 0 amide bonds. The third kappa shape index (κ3) is 3.53. The summed E-state index contributed by atoms with van der Waals surface area (Å²) in [6, 6.07) is 0.538. The first-order chi connectivity index (χ1) is 8.70. The second kappa shape index (κ2) is 5.95. The monoisotopic (exact) mass is 252 g/mol. The van der Waals surface area contributed by atoms with Crippen molar-refractivity contribution >= 4 is 5.97 Å². The molecular weight excluding hydrogens is 232 g/mol. The molecule has 1 saturated carbocycles. The molecule has 0 bridgehead atoms. The number of rotatable bonds is 8. The average molecular weight is 252 g/mol. The van der Waals surface area contributed by atoms with E-state index in [-0.39, 0.29) is 6.42 Å².